The van der Waals surface area contributed by atoms with E-state index < -0.39 is 11.6 Å². The molecule has 0 spiro atoms. The average molecular weight is 297 g/mol. The number of rotatable bonds is 9. The van der Waals surface area contributed by atoms with Crippen LogP contribution in [-0.2, 0) is 6.42 Å². The van der Waals surface area contributed by atoms with Gasteiger partial charge >= 0.3 is 0 Å². The lowest BCUT2D eigenvalue weighted by Crippen LogP contribution is -2.39. The lowest BCUT2D eigenvalue weighted by molar-refractivity contribution is 0.220. The van der Waals surface area contributed by atoms with Crippen LogP contribution in [0.15, 0.2) is 18.2 Å². The first kappa shape index (κ1) is 18.1. The second-order valence-corrected chi connectivity index (χ2v) is 6.38. The van der Waals surface area contributed by atoms with E-state index in [0.717, 1.165) is 32.2 Å². The second-order valence-electron chi connectivity index (χ2n) is 6.38. The SMILES string of the molecule is CCCCC(CC)(CNC(C)C)Cc1cccc(F)c1F. The molecule has 0 heterocycles. The molecule has 3 heteroatoms. The van der Waals surface area contributed by atoms with E-state index in [0.29, 0.717) is 18.0 Å². The van der Waals surface area contributed by atoms with Gasteiger partial charge in [0.05, 0.1) is 0 Å². The molecule has 1 aromatic rings. The third kappa shape index (κ3) is 5.39. The van der Waals surface area contributed by atoms with E-state index in [9.17, 15) is 8.78 Å². The fourth-order valence-corrected chi connectivity index (χ4v) is 2.73. The zero-order valence-corrected chi connectivity index (χ0v) is 13.8. The molecular weight excluding hydrogens is 268 g/mol. The largest absolute Gasteiger partial charge is 0.314 e. The van der Waals surface area contributed by atoms with E-state index in [-0.39, 0.29) is 5.41 Å². The van der Waals surface area contributed by atoms with E-state index in [1.54, 1.807) is 12.1 Å². The quantitative estimate of drug-likeness (QED) is 0.669. The number of nitrogens with one attached hydrogen (secondary N) is 1. The first-order valence-corrected chi connectivity index (χ1v) is 8.10. The van der Waals surface area contributed by atoms with Crippen LogP contribution in [0.1, 0.15) is 58.9 Å². The van der Waals surface area contributed by atoms with Gasteiger partial charge in [-0.3, -0.25) is 0 Å². The minimum absolute atomic E-state index is 0.00505. The Bertz CT molecular complexity index is 431. The highest BCUT2D eigenvalue weighted by Crippen LogP contribution is 2.33. The summed E-state index contributed by atoms with van der Waals surface area (Å²) in [4.78, 5) is 0. The van der Waals surface area contributed by atoms with Crippen LogP contribution in [0, 0.1) is 17.0 Å². The Morgan fingerprint density at radius 2 is 1.90 bits per heavy atom. The Hall–Kier alpha value is -0.960. The third-order valence-corrected chi connectivity index (χ3v) is 4.29. The lowest BCUT2D eigenvalue weighted by atomic mass is 9.75. The van der Waals surface area contributed by atoms with E-state index in [1.807, 2.05) is 0 Å². The van der Waals surface area contributed by atoms with Gasteiger partial charge in [0.1, 0.15) is 0 Å². The molecule has 0 bridgehead atoms. The molecule has 1 N–H and O–H groups in total. The Morgan fingerprint density at radius 3 is 2.48 bits per heavy atom. The predicted molar refractivity (Wildman–Crippen MR) is 85.4 cm³/mol. The summed E-state index contributed by atoms with van der Waals surface area (Å²) in [6.07, 6.45) is 4.82. The maximum Gasteiger partial charge on any atom is 0.162 e. The van der Waals surface area contributed by atoms with Gasteiger partial charge in [-0.2, -0.15) is 0 Å². The van der Waals surface area contributed by atoms with E-state index >= 15 is 0 Å². The summed E-state index contributed by atoms with van der Waals surface area (Å²) in [7, 11) is 0. The Balaban J connectivity index is 2.95. The second kappa shape index (κ2) is 8.47. The minimum atomic E-state index is -0.746. The van der Waals surface area contributed by atoms with Crippen LogP contribution in [0.2, 0.25) is 0 Å². The highest BCUT2D eigenvalue weighted by Gasteiger charge is 2.29. The zero-order valence-electron chi connectivity index (χ0n) is 13.8. The fraction of sp³-hybridized carbons (Fsp3) is 0.667. The van der Waals surface area contributed by atoms with Crippen molar-refractivity contribution in [1.82, 2.24) is 5.32 Å². The summed E-state index contributed by atoms with van der Waals surface area (Å²) in [5, 5.41) is 3.48. The van der Waals surface area contributed by atoms with Gasteiger partial charge in [0.15, 0.2) is 11.6 Å². The predicted octanol–water partition coefficient (Wildman–Crippen LogP) is 5.09. The molecule has 21 heavy (non-hydrogen) atoms. The molecule has 1 unspecified atom stereocenters. The molecule has 0 amide bonds. The Kier molecular flexibility index (Phi) is 7.30. The van der Waals surface area contributed by atoms with Crippen LogP contribution in [0.25, 0.3) is 0 Å². The molecule has 0 aliphatic heterocycles. The van der Waals surface area contributed by atoms with Gasteiger partial charge in [0.2, 0.25) is 0 Å². The van der Waals surface area contributed by atoms with Crippen molar-refractivity contribution in [3.63, 3.8) is 0 Å². The number of benzene rings is 1. The van der Waals surface area contributed by atoms with Gasteiger partial charge in [0.25, 0.3) is 0 Å². The maximum absolute atomic E-state index is 14.0. The Morgan fingerprint density at radius 1 is 1.19 bits per heavy atom. The third-order valence-electron chi connectivity index (χ3n) is 4.29. The van der Waals surface area contributed by atoms with E-state index in [2.05, 4.69) is 33.0 Å². The molecule has 0 aliphatic rings. The van der Waals surface area contributed by atoms with Crippen LogP contribution in [0.3, 0.4) is 0 Å². The van der Waals surface area contributed by atoms with Crippen molar-refractivity contribution in [2.24, 2.45) is 5.41 Å². The van der Waals surface area contributed by atoms with Crippen LogP contribution < -0.4 is 5.32 Å². The number of hydrogen-bond acceptors (Lipinski definition) is 1. The molecule has 0 radical (unpaired) electrons. The molecule has 0 aromatic heterocycles. The average Bonchev–Trinajstić information content (AvgIpc) is 2.46. The summed E-state index contributed by atoms with van der Waals surface area (Å²) in [6, 6.07) is 4.90. The molecule has 0 saturated heterocycles. The smallest absolute Gasteiger partial charge is 0.162 e. The normalized spacial score (nSPS) is 14.4. The van der Waals surface area contributed by atoms with Crippen molar-refractivity contribution in [3.05, 3.63) is 35.4 Å². The molecule has 1 rings (SSSR count). The molecule has 1 aromatic carbocycles. The highest BCUT2D eigenvalue weighted by molar-refractivity contribution is 5.20. The monoisotopic (exact) mass is 297 g/mol. The van der Waals surface area contributed by atoms with Crippen LogP contribution in [-0.4, -0.2) is 12.6 Å². The Labute approximate surface area is 128 Å². The summed E-state index contributed by atoms with van der Waals surface area (Å²) >= 11 is 0. The number of unbranched alkanes of at least 4 members (excludes halogenated alkanes) is 1. The van der Waals surface area contributed by atoms with Crippen molar-refractivity contribution in [2.45, 2.75) is 65.8 Å². The summed E-state index contributed by atoms with van der Waals surface area (Å²) < 4.78 is 27.4. The summed E-state index contributed by atoms with van der Waals surface area (Å²) in [5.41, 5.74) is 0.494. The lowest BCUT2D eigenvalue weighted by Gasteiger charge is -2.34. The first-order chi connectivity index (χ1) is 9.94. The van der Waals surface area contributed by atoms with Crippen molar-refractivity contribution in [2.75, 3.05) is 6.54 Å². The highest BCUT2D eigenvalue weighted by atomic mass is 19.2. The van der Waals surface area contributed by atoms with Crippen LogP contribution in [0.5, 0.6) is 0 Å². The number of halogens is 2. The molecule has 1 nitrogen and oxygen atoms in total. The molecule has 0 fully saturated rings. The van der Waals surface area contributed by atoms with E-state index in [1.165, 1.54) is 6.07 Å². The van der Waals surface area contributed by atoms with Crippen LogP contribution in [0.4, 0.5) is 8.78 Å². The van der Waals surface area contributed by atoms with Crippen molar-refractivity contribution < 1.29 is 8.78 Å². The fourth-order valence-electron chi connectivity index (χ4n) is 2.73. The first-order valence-electron chi connectivity index (χ1n) is 8.10. The van der Waals surface area contributed by atoms with Crippen molar-refractivity contribution >= 4 is 0 Å². The standard InChI is InChI=1S/C18H29F2N/c1-5-7-11-18(6-2,13-21-14(3)4)12-15-9-8-10-16(19)17(15)20/h8-10,14,21H,5-7,11-13H2,1-4H3. The van der Waals surface area contributed by atoms with Crippen molar-refractivity contribution in [3.8, 4) is 0 Å². The van der Waals surface area contributed by atoms with Gasteiger partial charge in [-0.25, -0.2) is 8.78 Å². The van der Waals surface area contributed by atoms with Gasteiger partial charge < -0.3 is 5.32 Å². The molecule has 120 valence electrons. The van der Waals surface area contributed by atoms with Crippen molar-refractivity contribution in [1.29, 1.82) is 0 Å². The maximum atomic E-state index is 14.0. The molecule has 1 atom stereocenters. The molecule has 0 saturated carbocycles. The molecular formula is C18H29F2N. The van der Waals surface area contributed by atoms with E-state index in [4.69, 9.17) is 0 Å². The summed E-state index contributed by atoms with van der Waals surface area (Å²) in [5.74, 6) is -1.43. The number of hydrogen-bond donors (Lipinski definition) is 1. The van der Waals surface area contributed by atoms with Gasteiger partial charge in [0, 0.05) is 12.6 Å². The van der Waals surface area contributed by atoms with Gasteiger partial charge in [-0.1, -0.05) is 52.7 Å². The zero-order chi connectivity index (χ0) is 15.9. The van der Waals surface area contributed by atoms with Gasteiger partial charge in [-0.15, -0.1) is 0 Å². The topological polar surface area (TPSA) is 12.0 Å². The van der Waals surface area contributed by atoms with Gasteiger partial charge in [-0.05, 0) is 36.3 Å². The minimum Gasteiger partial charge on any atom is -0.314 e. The van der Waals surface area contributed by atoms with Crippen LogP contribution >= 0.6 is 0 Å². The molecule has 0 aliphatic carbocycles. The summed E-state index contributed by atoms with van der Waals surface area (Å²) in [6.45, 7) is 9.39.